The molecule has 5 nitrogen and oxygen atoms in total. The molecule has 1 amide bonds. The second kappa shape index (κ2) is 5.53. The predicted molar refractivity (Wildman–Crippen MR) is 89.6 cm³/mol. The van der Waals surface area contributed by atoms with Crippen LogP contribution < -0.4 is 5.32 Å². The van der Waals surface area contributed by atoms with Gasteiger partial charge in [0.05, 0.1) is 16.4 Å². The number of carbonyl (C=O) groups is 1. The number of thiazole rings is 1. The van der Waals surface area contributed by atoms with E-state index in [1.165, 1.54) is 16.9 Å². The molecular formula is C16H18N4OS. The van der Waals surface area contributed by atoms with Gasteiger partial charge in [0.1, 0.15) is 5.69 Å². The number of aryl methyl sites for hydroxylation is 2. The van der Waals surface area contributed by atoms with Crippen LogP contribution in [-0.2, 0) is 7.05 Å². The molecule has 2 heterocycles. The molecule has 114 valence electrons. The number of hydrogen-bond donors (Lipinski definition) is 1. The van der Waals surface area contributed by atoms with Crippen molar-refractivity contribution < 1.29 is 4.79 Å². The molecule has 0 radical (unpaired) electrons. The Kier molecular flexibility index (Phi) is 3.70. The van der Waals surface area contributed by atoms with Crippen LogP contribution in [0.4, 0.5) is 5.13 Å². The zero-order chi connectivity index (χ0) is 15.9. The van der Waals surface area contributed by atoms with E-state index in [1.54, 1.807) is 17.9 Å². The van der Waals surface area contributed by atoms with Crippen LogP contribution in [0.2, 0.25) is 0 Å². The van der Waals surface area contributed by atoms with Gasteiger partial charge >= 0.3 is 0 Å². The highest BCUT2D eigenvalue weighted by Gasteiger charge is 2.16. The lowest BCUT2D eigenvalue weighted by Crippen LogP contribution is -2.17. The Morgan fingerprint density at radius 2 is 2.14 bits per heavy atom. The molecule has 0 bridgehead atoms. The second-order valence-electron chi connectivity index (χ2n) is 5.65. The van der Waals surface area contributed by atoms with Gasteiger partial charge in [0.2, 0.25) is 0 Å². The molecule has 0 saturated carbocycles. The summed E-state index contributed by atoms with van der Waals surface area (Å²) in [6.45, 7) is 6.20. The van der Waals surface area contributed by atoms with Gasteiger partial charge in [0.25, 0.3) is 5.91 Å². The number of fused-ring (bicyclic) bond motifs is 1. The smallest absolute Gasteiger partial charge is 0.275 e. The summed E-state index contributed by atoms with van der Waals surface area (Å²) in [5, 5.41) is 7.58. The number of nitrogens with one attached hydrogen (secondary N) is 1. The summed E-state index contributed by atoms with van der Waals surface area (Å²) < 4.78 is 2.66. The first-order valence-electron chi connectivity index (χ1n) is 7.16. The molecule has 0 atom stereocenters. The maximum Gasteiger partial charge on any atom is 0.275 e. The minimum absolute atomic E-state index is 0.180. The van der Waals surface area contributed by atoms with Crippen molar-refractivity contribution >= 4 is 32.6 Å². The largest absolute Gasteiger partial charge is 0.296 e. The SMILES string of the molecule is Cc1cnn(C)c1C(=O)Nc1nc2ccc(C(C)C)cc2s1. The van der Waals surface area contributed by atoms with E-state index in [9.17, 15) is 4.79 Å². The van der Waals surface area contributed by atoms with Gasteiger partial charge in [-0.1, -0.05) is 31.3 Å². The summed E-state index contributed by atoms with van der Waals surface area (Å²) in [6.07, 6.45) is 1.68. The van der Waals surface area contributed by atoms with Crippen molar-refractivity contribution in [2.75, 3.05) is 5.32 Å². The molecule has 0 aliphatic rings. The number of benzene rings is 1. The first-order chi connectivity index (χ1) is 10.5. The number of carbonyl (C=O) groups excluding carboxylic acids is 1. The van der Waals surface area contributed by atoms with Gasteiger partial charge < -0.3 is 0 Å². The Balaban J connectivity index is 1.89. The van der Waals surface area contributed by atoms with E-state index in [-0.39, 0.29) is 5.91 Å². The van der Waals surface area contributed by atoms with Gasteiger partial charge in [-0.25, -0.2) is 4.98 Å². The minimum Gasteiger partial charge on any atom is -0.296 e. The van der Waals surface area contributed by atoms with E-state index in [1.807, 2.05) is 13.0 Å². The maximum atomic E-state index is 12.4. The van der Waals surface area contributed by atoms with E-state index < -0.39 is 0 Å². The standard InChI is InChI=1S/C16H18N4OS/c1-9(2)11-5-6-12-13(7-11)22-16(18-12)19-15(21)14-10(3)8-17-20(14)4/h5-9H,1-4H3,(H,18,19,21). The Hall–Kier alpha value is -2.21. The average molecular weight is 314 g/mol. The molecule has 0 saturated heterocycles. The Morgan fingerprint density at radius 1 is 1.36 bits per heavy atom. The molecule has 0 unspecified atom stereocenters. The third-order valence-corrected chi connectivity index (χ3v) is 4.57. The topological polar surface area (TPSA) is 59.8 Å². The third kappa shape index (κ3) is 2.62. The lowest BCUT2D eigenvalue weighted by Gasteiger charge is -2.03. The molecule has 3 rings (SSSR count). The highest BCUT2D eigenvalue weighted by Crippen LogP contribution is 2.29. The van der Waals surface area contributed by atoms with Crippen LogP contribution in [0, 0.1) is 6.92 Å². The first kappa shape index (κ1) is 14.7. The number of hydrogen-bond acceptors (Lipinski definition) is 4. The van der Waals surface area contributed by atoms with Gasteiger partial charge in [-0.05, 0) is 36.1 Å². The second-order valence-corrected chi connectivity index (χ2v) is 6.69. The van der Waals surface area contributed by atoms with Crippen LogP contribution in [0.1, 0.15) is 41.4 Å². The molecule has 0 spiro atoms. The fourth-order valence-electron chi connectivity index (χ4n) is 2.38. The Morgan fingerprint density at radius 3 is 2.77 bits per heavy atom. The maximum absolute atomic E-state index is 12.4. The van der Waals surface area contributed by atoms with Crippen LogP contribution in [0.3, 0.4) is 0 Å². The molecule has 6 heteroatoms. The molecule has 1 N–H and O–H groups in total. The van der Waals surface area contributed by atoms with Crippen molar-refractivity contribution in [1.82, 2.24) is 14.8 Å². The third-order valence-electron chi connectivity index (χ3n) is 3.64. The molecule has 3 aromatic rings. The first-order valence-corrected chi connectivity index (χ1v) is 7.98. The van der Waals surface area contributed by atoms with Crippen LogP contribution in [0.25, 0.3) is 10.2 Å². The van der Waals surface area contributed by atoms with E-state index in [0.29, 0.717) is 16.7 Å². The van der Waals surface area contributed by atoms with Gasteiger partial charge in [-0.2, -0.15) is 5.10 Å². The lowest BCUT2D eigenvalue weighted by molar-refractivity contribution is 0.101. The zero-order valence-electron chi connectivity index (χ0n) is 13.0. The zero-order valence-corrected chi connectivity index (χ0v) is 13.9. The van der Waals surface area contributed by atoms with Gasteiger partial charge in [0, 0.05) is 7.05 Å². The Labute approximate surface area is 133 Å². The number of amides is 1. The van der Waals surface area contributed by atoms with Crippen molar-refractivity contribution in [3.63, 3.8) is 0 Å². The molecule has 22 heavy (non-hydrogen) atoms. The molecule has 0 aliphatic carbocycles. The van der Waals surface area contributed by atoms with E-state index in [4.69, 9.17) is 0 Å². The van der Waals surface area contributed by atoms with Crippen LogP contribution >= 0.6 is 11.3 Å². The van der Waals surface area contributed by atoms with Gasteiger partial charge in [-0.3, -0.25) is 14.8 Å². The average Bonchev–Trinajstić information content (AvgIpc) is 3.00. The highest BCUT2D eigenvalue weighted by atomic mass is 32.1. The summed E-state index contributed by atoms with van der Waals surface area (Å²) in [5.74, 6) is 0.294. The summed E-state index contributed by atoms with van der Waals surface area (Å²) in [4.78, 5) is 16.8. The van der Waals surface area contributed by atoms with Gasteiger partial charge in [-0.15, -0.1) is 0 Å². The lowest BCUT2D eigenvalue weighted by atomic mass is 10.0. The van der Waals surface area contributed by atoms with Crippen LogP contribution in [0.15, 0.2) is 24.4 Å². The molecule has 2 aromatic heterocycles. The fraction of sp³-hybridized carbons (Fsp3) is 0.312. The predicted octanol–water partition coefficient (Wildman–Crippen LogP) is 3.71. The van der Waals surface area contributed by atoms with Crippen LogP contribution in [0.5, 0.6) is 0 Å². The summed E-state index contributed by atoms with van der Waals surface area (Å²) in [7, 11) is 1.76. The quantitative estimate of drug-likeness (QED) is 0.801. The molecule has 0 aliphatic heterocycles. The van der Waals surface area contributed by atoms with Crippen LogP contribution in [-0.4, -0.2) is 20.7 Å². The van der Waals surface area contributed by atoms with E-state index >= 15 is 0 Å². The van der Waals surface area contributed by atoms with Crippen molar-refractivity contribution in [2.45, 2.75) is 26.7 Å². The Bertz CT molecular complexity index is 828. The van der Waals surface area contributed by atoms with Gasteiger partial charge in [0.15, 0.2) is 5.13 Å². The molecular weight excluding hydrogens is 296 g/mol. The number of nitrogens with zero attached hydrogens (tertiary/aromatic N) is 3. The monoisotopic (exact) mass is 314 g/mol. The number of rotatable bonds is 3. The van der Waals surface area contributed by atoms with E-state index in [0.717, 1.165) is 15.8 Å². The van der Waals surface area contributed by atoms with Crippen molar-refractivity contribution in [3.05, 3.63) is 41.2 Å². The van der Waals surface area contributed by atoms with Crippen molar-refractivity contribution in [1.29, 1.82) is 0 Å². The summed E-state index contributed by atoms with van der Waals surface area (Å²) in [6, 6.07) is 6.23. The molecule has 1 aromatic carbocycles. The normalized spacial score (nSPS) is 11.3. The fourth-order valence-corrected chi connectivity index (χ4v) is 3.29. The minimum atomic E-state index is -0.180. The molecule has 0 fully saturated rings. The number of aromatic nitrogens is 3. The highest BCUT2D eigenvalue weighted by molar-refractivity contribution is 7.22. The number of anilines is 1. The summed E-state index contributed by atoms with van der Waals surface area (Å²) in [5.41, 5.74) is 3.59. The van der Waals surface area contributed by atoms with E-state index in [2.05, 4.69) is 41.4 Å². The van der Waals surface area contributed by atoms with Crippen molar-refractivity contribution in [3.8, 4) is 0 Å². The summed E-state index contributed by atoms with van der Waals surface area (Å²) >= 11 is 1.49. The van der Waals surface area contributed by atoms with Crippen molar-refractivity contribution in [2.24, 2.45) is 7.05 Å².